The van der Waals surface area contributed by atoms with Gasteiger partial charge >= 0.3 is 0 Å². The highest BCUT2D eigenvalue weighted by Gasteiger charge is 2.33. The van der Waals surface area contributed by atoms with Crippen LogP contribution in [0.15, 0.2) is 60.8 Å². The largest absolute Gasteiger partial charge is 0.378 e. The summed E-state index contributed by atoms with van der Waals surface area (Å²) in [5.74, 6) is -4.50. The first-order valence-corrected chi connectivity index (χ1v) is 14.8. The molecule has 0 unspecified atom stereocenters. The molecule has 1 saturated heterocycles. The van der Waals surface area contributed by atoms with Crippen molar-refractivity contribution in [3.8, 4) is 11.1 Å². The van der Waals surface area contributed by atoms with Gasteiger partial charge in [0.1, 0.15) is 17.5 Å². The Morgan fingerprint density at radius 3 is 2.39 bits per heavy atom. The quantitative estimate of drug-likeness (QED) is 0.233. The number of nitrogens with zero attached hydrogens (tertiary/aromatic N) is 4. The molecule has 9 nitrogen and oxygen atoms in total. The van der Waals surface area contributed by atoms with Crippen molar-refractivity contribution in [1.29, 1.82) is 0 Å². The van der Waals surface area contributed by atoms with Gasteiger partial charge in [0, 0.05) is 56.1 Å². The zero-order valence-corrected chi connectivity index (χ0v) is 25.7. The lowest BCUT2D eigenvalue weighted by Crippen LogP contribution is -2.54. The van der Waals surface area contributed by atoms with Gasteiger partial charge in [-0.1, -0.05) is 26.0 Å². The molecule has 2 aromatic heterocycles. The lowest BCUT2D eigenvalue weighted by atomic mass is 9.86. The summed E-state index contributed by atoms with van der Waals surface area (Å²) in [5, 5.41) is 4.48. The fourth-order valence-corrected chi connectivity index (χ4v) is 5.70. The molecular formula is C34H34F3N5O4. The van der Waals surface area contributed by atoms with E-state index in [2.05, 4.69) is 10.1 Å². The van der Waals surface area contributed by atoms with Gasteiger partial charge in [-0.25, -0.2) is 13.2 Å². The summed E-state index contributed by atoms with van der Waals surface area (Å²) < 4.78 is 49.5. The van der Waals surface area contributed by atoms with Crippen molar-refractivity contribution in [2.75, 3.05) is 20.2 Å². The van der Waals surface area contributed by atoms with Crippen molar-refractivity contribution in [3.05, 3.63) is 106 Å². The number of primary amides is 1. The summed E-state index contributed by atoms with van der Waals surface area (Å²) in [7, 11) is 1.59. The number of aromatic nitrogens is 3. The monoisotopic (exact) mass is 633 g/mol. The minimum atomic E-state index is -0.947. The normalized spacial score (nSPS) is 13.9. The number of halogens is 3. The van der Waals surface area contributed by atoms with Crippen molar-refractivity contribution < 1.29 is 32.3 Å². The van der Waals surface area contributed by atoms with Crippen LogP contribution in [0.2, 0.25) is 0 Å². The Morgan fingerprint density at radius 1 is 1.02 bits per heavy atom. The maximum Gasteiger partial charge on any atom is 0.274 e. The zero-order chi connectivity index (χ0) is 33.1. The molecule has 46 heavy (non-hydrogen) atoms. The van der Waals surface area contributed by atoms with Crippen LogP contribution in [0.5, 0.6) is 0 Å². The van der Waals surface area contributed by atoms with E-state index in [4.69, 9.17) is 10.5 Å². The summed E-state index contributed by atoms with van der Waals surface area (Å²) in [6, 6.07) is 12.1. The number of carbonyl (C=O) groups is 3. The standard InChI is InChI=1S/C34H34F3N5O4/c1-19(2)31-15-30(34(45)41-17-26(18-41)46-3)40-42(31)16-25(43)12-22(9-20-10-23(35)14-24(36)11-20)32-27(5-4-8-39-32)21-6-7-29(37)28(13-21)33(38)44/h4-8,10-11,13-15,19,22,26H,9,12,16-18H2,1-3H3,(H2,38,44)/t22-/m1/s1. The number of likely N-dealkylation sites (tertiary alicyclic amines) is 1. The minimum Gasteiger partial charge on any atom is -0.378 e. The van der Waals surface area contributed by atoms with Crippen molar-refractivity contribution in [1.82, 2.24) is 19.7 Å². The van der Waals surface area contributed by atoms with Gasteiger partial charge in [-0.3, -0.25) is 24.0 Å². The smallest absolute Gasteiger partial charge is 0.274 e. The number of hydrogen-bond acceptors (Lipinski definition) is 6. The van der Waals surface area contributed by atoms with Crippen LogP contribution in [-0.2, 0) is 22.5 Å². The molecule has 2 amide bonds. The lowest BCUT2D eigenvalue weighted by Gasteiger charge is -2.37. The molecule has 1 atom stereocenters. The molecule has 0 bridgehead atoms. The predicted molar refractivity (Wildman–Crippen MR) is 164 cm³/mol. The van der Waals surface area contributed by atoms with Crippen molar-refractivity contribution in [2.45, 2.75) is 51.2 Å². The number of methoxy groups -OCH3 is 1. The van der Waals surface area contributed by atoms with Crippen molar-refractivity contribution in [2.24, 2.45) is 5.73 Å². The molecule has 1 fully saturated rings. The Bertz CT molecular complexity index is 1760. The fourth-order valence-electron chi connectivity index (χ4n) is 5.70. The molecule has 240 valence electrons. The Labute approximate surface area is 264 Å². The highest BCUT2D eigenvalue weighted by molar-refractivity contribution is 5.95. The number of benzene rings is 2. The van der Waals surface area contributed by atoms with Gasteiger partial charge in [0.2, 0.25) is 0 Å². The van der Waals surface area contributed by atoms with E-state index in [0.717, 1.165) is 12.1 Å². The molecule has 2 N–H and O–H groups in total. The van der Waals surface area contributed by atoms with Crippen LogP contribution < -0.4 is 5.73 Å². The van der Waals surface area contributed by atoms with Gasteiger partial charge in [-0.2, -0.15) is 5.10 Å². The Morgan fingerprint density at radius 2 is 1.74 bits per heavy atom. The topological polar surface area (TPSA) is 120 Å². The zero-order valence-electron chi connectivity index (χ0n) is 25.7. The molecule has 1 aliphatic heterocycles. The number of rotatable bonds is 12. The number of ketones is 1. The molecular weight excluding hydrogens is 599 g/mol. The number of pyridine rings is 1. The SMILES string of the molecule is COC1CN(C(=O)c2cc(C(C)C)n(CC(=O)C[C@@H](Cc3cc(F)cc(F)c3)c3ncccc3-c3ccc(F)c(C(N)=O)c3)n2)C1. The summed E-state index contributed by atoms with van der Waals surface area (Å²) >= 11 is 0. The molecule has 2 aromatic carbocycles. The molecule has 1 aliphatic rings. The summed E-state index contributed by atoms with van der Waals surface area (Å²) in [5.41, 5.74) is 7.64. The highest BCUT2D eigenvalue weighted by atomic mass is 19.1. The first kappa shape index (κ1) is 32.6. The maximum atomic E-state index is 14.3. The van der Waals surface area contributed by atoms with Crippen LogP contribution in [0, 0.1) is 17.5 Å². The maximum absolute atomic E-state index is 14.3. The van der Waals surface area contributed by atoms with Crippen LogP contribution in [0.3, 0.4) is 0 Å². The van der Waals surface area contributed by atoms with Crippen LogP contribution in [0.4, 0.5) is 13.2 Å². The Kier molecular flexibility index (Phi) is 9.66. The van der Waals surface area contributed by atoms with Crippen molar-refractivity contribution in [3.63, 3.8) is 0 Å². The molecule has 0 radical (unpaired) electrons. The molecule has 3 heterocycles. The molecule has 4 aromatic rings. The second-order valence-electron chi connectivity index (χ2n) is 11.8. The average Bonchev–Trinajstić information content (AvgIpc) is 3.40. The number of amides is 2. The van der Waals surface area contributed by atoms with Gasteiger partial charge < -0.3 is 15.4 Å². The number of nitrogens with two attached hydrogens (primary N) is 1. The van der Waals surface area contributed by atoms with Crippen LogP contribution >= 0.6 is 0 Å². The van der Waals surface area contributed by atoms with E-state index in [9.17, 15) is 27.6 Å². The Hall–Kier alpha value is -4.84. The van der Waals surface area contributed by atoms with Gasteiger partial charge in [0.25, 0.3) is 11.8 Å². The number of hydrogen-bond donors (Lipinski definition) is 1. The van der Waals surface area contributed by atoms with Crippen LogP contribution in [0.1, 0.15) is 69.9 Å². The van der Waals surface area contributed by atoms with E-state index in [1.165, 1.54) is 35.1 Å². The first-order valence-electron chi connectivity index (χ1n) is 14.8. The van der Waals surface area contributed by atoms with E-state index < -0.39 is 29.3 Å². The second kappa shape index (κ2) is 13.7. The van der Waals surface area contributed by atoms with Gasteiger partial charge in [-0.05, 0) is 59.9 Å². The first-order chi connectivity index (χ1) is 21.9. The number of ether oxygens (including phenoxy) is 1. The van der Waals surface area contributed by atoms with E-state index in [1.807, 2.05) is 13.8 Å². The highest BCUT2D eigenvalue weighted by Crippen LogP contribution is 2.34. The predicted octanol–water partition coefficient (Wildman–Crippen LogP) is 5.04. The van der Waals surface area contributed by atoms with Gasteiger partial charge in [-0.15, -0.1) is 0 Å². The molecule has 0 saturated carbocycles. The van der Waals surface area contributed by atoms with Crippen LogP contribution in [0.25, 0.3) is 11.1 Å². The van der Waals surface area contributed by atoms with E-state index >= 15 is 0 Å². The third kappa shape index (κ3) is 7.17. The van der Waals surface area contributed by atoms with Crippen LogP contribution in [-0.4, -0.2) is 63.6 Å². The minimum absolute atomic E-state index is 0.0190. The molecule has 0 aliphatic carbocycles. The molecule has 5 rings (SSSR count). The molecule has 0 spiro atoms. The fraction of sp³-hybridized carbons (Fsp3) is 0.324. The number of Topliss-reactive ketones (excluding diaryl/α,β-unsaturated/α-hetero) is 1. The third-order valence-electron chi connectivity index (χ3n) is 8.06. The van der Waals surface area contributed by atoms with E-state index in [0.29, 0.717) is 41.2 Å². The summed E-state index contributed by atoms with van der Waals surface area (Å²) in [4.78, 5) is 44.8. The summed E-state index contributed by atoms with van der Waals surface area (Å²) in [6.07, 6.45) is 1.44. The van der Waals surface area contributed by atoms with Crippen molar-refractivity contribution >= 4 is 17.6 Å². The second-order valence-corrected chi connectivity index (χ2v) is 11.8. The van der Waals surface area contributed by atoms with E-state index in [-0.39, 0.29) is 54.4 Å². The number of carbonyl (C=O) groups excluding carboxylic acids is 3. The van der Waals surface area contributed by atoms with E-state index in [1.54, 1.807) is 30.2 Å². The molecule has 12 heteroatoms. The summed E-state index contributed by atoms with van der Waals surface area (Å²) in [6.45, 7) is 4.63. The average molecular weight is 634 g/mol. The Balaban J connectivity index is 1.47. The third-order valence-corrected chi connectivity index (χ3v) is 8.06. The van der Waals surface area contributed by atoms with Gasteiger partial charge in [0.15, 0.2) is 11.5 Å². The lowest BCUT2D eigenvalue weighted by molar-refractivity contribution is -0.120. The van der Waals surface area contributed by atoms with Gasteiger partial charge in [0.05, 0.1) is 23.9 Å².